The van der Waals surface area contributed by atoms with Crippen LogP contribution >= 0.6 is 0 Å². The molecule has 1 aromatic carbocycles. The summed E-state index contributed by atoms with van der Waals surface area (Å²) in [5.74, 6) is 3.30. The third-order valence-electron chi connectivity index (χ3n) is 2.79. The van der Waals surface area contributed by atoms with Gasteiger partial charge in [-0.05, 0) is 30.9 Å². The molecule has 0 aliphatic heterocycles. The molecule has 1 nitrogen and oxygen atoms in total. The van der Waals surface area contributed by atoms with E-state index in [0.29, 0.717) is 5.92 Å². The molecule has 86 valence electrons. The van der Waals surface area contributed by atoms with Crippen LogP contribution in [0.5, 0.6) is 0 Å². The maximum atomic E-state index is 5.29. The van der Waals surface area contributed by atoms with Crippen molar-refractivity contribution >= 4 is 0 Å². The molecule has 0 fully saturated rings. The van der Waals surface area contributed by atoms with E-state index >= 15 is 0 Å². The number of hydrogen-bond acceptors (Lipinski definition) is 1. The van der Waals surface area contributed by atoms with E-state index in [1.165, 1.54) is 12.0 Å². The van der Waals surface area contributed by atoms with Crippen LogP contribution in [-0.4, -0.2) is 13.1 Å². The van der Waals surface area contributed by atoms with E-state index in [2.05, 4.69) is 48.5 Å². The Labute approximate surface area is 99.3 Å². The Balaban J connectivity index is 2.53. The first-order chi connectivity index (χ1) is 7.88. The van der Waals surface area contributed by atoms with Gasteiger partial charge in [-0.15, -0.1) is 12.3 Å². The summed E-state index contributed by atoms with van der Waals surface area (Å²) in [7, 11) is 0. The molecule has 1 rings (SSSR count). The fourth-order valence-corrected chi connectivity index (χ4v) is 1.88. The molecule has 0 heterocycles. The topological polar surface area (TPSA) is 12.0 Å². The second-order valence-electron chi connectivity index (χ2n) is 4.01. The quantitative estimate of drug-likeness (QED) is 0.544. The molecule has 0 saturated heterocycles. The number of nitrogens with one attached hydrogen (secondary N) is 1. The average molecular weight is 215 g/mol. The third kappa shape index (κ3) is 4.51. The van der Waals surface area contributed by atoms with E-state index in [1.807, 2.05) is 0 Å². The van der Waals surface area contributed by atoms with Gasteiger partial charge in [-0.3, -0.25) is 0 Å². The van der Waals surface area contributed by atoms with Gasteiger partial charge in [0.2, 0.25) is 0 Å². The van der Waals surface area contributed by atoms with Crippen LogP contribution in [0.25, 0.3) is 0 Å². The minimum absolute atomic E-state index is 0.592. The molecule has 0 aliphatic carbocycles. The molecule has 0 saturated carbocycles. The highest BCUT2D eigenvalue weighted by molar-refractivity contribution is 5.19. The summed E-state index contributed by atoms with van der Waals surface area (Å²) >= 11 is 0. The standard InChI is InChI=1S/C15H21N/c1-3-5-7-12-15(13-16-4-2)14-10-8-6-9-11-14/h1,6,8-11,15-16H,4-5,7,12-13H2,2H3. The molecule has 1 N–H and O–H groups in total. The Morgan fingerprint density at radius 3 is 2.69 bits per heavy atom. The van der Waals surface area contributed by atoms with Crippen molar-refractivity contribution in [3.05, 3.63) is 35.9 Å². The molecule has 1 aromatic rings. The van der Waals surface area contributed by atoms with Crippen molar-refractivity contribution < 1.29 is 0 Å². The van der Waals surface area contributed by atoms with Crippen LogP contribution in [0.15, 0.2) is 30.3 Å². The Morgan fingerprint density at radius 2 is 2.06 bits per heavy atom. The predicted octanol–water partition coefficient (Wildman–Crippen LogP) is 3.18. The van der Waals surface area contributed by atoms with Gasteiger partial charge in [0.1, 0.15) is 0 Å². The van der Waals surface area contributed by atoms with Gasteiger partial charge in [-0.2, -0.15) is 0 Å². The highest BCUT2D eigenvalue weighted by atomic mass is 14.8. The fourth-order valence-electron chi connectivity index (χ4n) is 1.88. The molecular formula is C15H21N. The molecule has 1 atom stereocenters. The van der Waals surface area contributed by atoms with Crippen molar-refractivity contribution in [2.45, 2.75) is 32.1 Å². The third-order valence-corrected chi connectivity index (χ3v) is 2.79. The summed E-state index contributed by atoms with van der Waals surface area (Å²) in [5.41, 5.74) is 1.42. The van der Waals surface area contributed by atoms with E-state index in [9.17, 15) is 0 Å². The second kappa shape index (κ2) is 7.96. The number of rotatable bonds is 7. The van der Waals surface area contributed by atoms with Gasteiger partial charge >= 0.3 is 0 Å². The van der Waals surface area contributed by atoms with Crippen LogP contribution in [0.4, 0.5) is 0 Å². The van der Waals surface area contributed by atoms with Crippen molar-refractivity contribution in [3.8, 4) is 12.3 Å². The van der Waals surface area contributed by atoms with Gasteiger partial charge in [0.25, 0.3) is 0 Å². The normalized spacial score (nSPS) is 12.0. The molecule has 0 spiro atoms. The summed E-state index contributed by atoms with van der Waals surface area (Å²) in [6.45, 7) is 4.22. The zero-order chi connectivity index (χ0) is 11.6. The van der Waals surface area contributed by atoms with E-state index in [-0.39, 0.29) is 0 Å². The summed E-state index contributed by atoms with van der Waals surface area (Å²) in [6, 6.07) is 10.7. The molecular weight excluding hydrogens is 194 g/mol. The van der Waals surface area contributed by atoms with Gasteiger partial charge < -0.3 is 5.32 Å². The monoisotopic (exact) mass is 215 g/mol. The first-order valence-electron chi connectivity index (χ1n) is 6.07. The van der Waals surface area contributed by atoms with E-state index in [1.54, 1.807) is 0 Å². The van der Waals surface area contributed by atoms with E-state index in [0.717, 1.165) is 25.9 Å². The molecule has 1 unspecified atom stereocenters. The largest absolute Gasteiger partial charge is 0.316 e. The van der Waals surface area contributed by atoms with E-state index < -0.39 is 0 Å². The summed E-state index contributed by atoms with van der Waals surface area (Å²) in [5, 5.41) is 3.42. The van der Waals surface area contributed by atoms with Crippen LogP contribution < -0.4 is 5.32 Å². The lowest BCUT2D eigenvalue weighted by molar-refractivity contribution is 0.547. The Morgan fingerprint density at radius 1 is 1.31 bits per heavy atom. The molecule has 0 amide bonds. The maximum absolute atomic E-state index is 5.29. The fraction of sp³-hybridized carbons (Fsp3) is 0.467. The second-order valence-corrected chi connectivity index (χ2v) is 4.01. The number of terminal acetylenes is 1. The molecule has 0 radical (unpaired) electrons. The zero-order valence-corrected chi connectivity index (χ0v) is 10.1. The maximum Gasteiger partial charge on any atom is 0.00862 e. The Hall–Kier alpha value is -1.26. The molecule has 1 heteroatoms. The number of benzene rings is 1. The lowest BCUT2D eigenvalue weighted by Crippen LogP contribution is -2.21. The smallest absolute Gasteiger partial charge is 0.00862 e. The van der Waals surface area contributed by atoms with Crippen molar-refractivity contribution in [2.75, 3.05) is 13.1 Å². The SMILES string of the molecule is C#CCCCC(CNCC)c1ccccc1. The Bertz CT molecular complexity index is 310. The molecule has 0 bridgehead atoms. The van der Waals surface area contributed by atoms with Crippen LogP contribution in [0.3, 0.4) is 0 Å². The first kappa shape index (κ1) is 12.8. The lowest BCUT2D eigenvalue weighted by atomic mass is 9.93. The minimum atomic E-state index is 0.592. The zero-order valence-electron chi connectivity index (χ0n) is 10.1. The highest BCUT2D eigenvalue weighted by Crippen LogP contribution is 2.20. The number of likely N-dealkylation sites (N-methyl/N-ethyl adjacent to an activating group) is 1. The molecule has 0 aliphatic rings. The van der Waals surface area contributed by atoms with Gasteiger partial charge in [-0.25, -0.2) is 0 Å². The average Bonchev–Trinajstić information content (AvgIpc) is 2.35. The van der Waals surface area contributed by atoms with Gasteiger partial charge in [0.05, 0.1) is 0 Å². The van der Waals surface area contributed by atoms with Gasteiger partial charge in [0.15, 0.2) is 0 Å². The van der Waals surface area contributed by atoms with Gasteiger partial charge in [-0.1, -0.05) is 37.3 Å². The van der Waals surface area contributed by atoms with Crippen molar-refractivity contribution in [1.29, 1.82) is 0 Å². The highest BCUT2D eigenvalue weighted by Gasteiger charge is 2.09. The van der Waals surface area contributed by atoms with Crippen LogP contribution in [0, 0.1) is 12.3 Å². The van der Waals surface area contributed by atoms with Crippen molar-refractivity contribution in [3.63, 3.8) is 0 Å². The molecule has 16 heavy (non-hydrogen) atoms. The van der Waals surface area contributed by atoms with Crippen LogP contribution in [-0.2, 0) is 0 Å². The first-order valence-corrected chi connectivity index (χ1v) is 6.07. The number of unbranched alkanes of at least 4 members (excludes halogenated alkanes) is 1. The lowest BCUT2D eigenvalue weighted by Gasteiger charge is -2.17. The number of hydrogen-bond donors (Lipinski definition) is 1. The summed E-state index contributed by atoms with van der Waals surface area (Å²) < 4.78 is 0. The predicted molar refractivity (Wildman–Crippen MR) is 70.4 cm³/mol. The molecule has 0 aromatic heterocycles. The van der Waals surface area contributed by atoms with Crippen molar-refractivity contribution in [2.24, 2.45) is 0 Å². The minimum Gasteiger partial charge on any atom is -0.316 e. The van der Waals surface area contributed by atoms with Gasteiger partial charge in [0, 0.05) is 13.0 Å². The van der Waals surface area contributed by atoms with Crippen molar-refractivity contribution in [1.82, 2.24) is 5.32 Å². The summed E-state index contributed by atoms with van der Waals surface area (Å²) in [6.07, 6.45) is 8.45. The Kier molecular flexibility index (Phi) is 6.37. The summed E-state index contributed by atoms with van der Waals surface area (Å²) in [4.78, 5) is 0. The van der Waals surface area contributed by atoms with E-state index in [4.69, 9.17) is 6.42 Å². The van der Waals surface area contributed by atoms with Crippen LogP contribution in [0.1, 0.15) is 37.7 Å². The van der Waals surface area contributed by atoms with Crippen LogP contribution in [0.2, 0.25) is 0 Å².